The molecule has 0 aliphatic rings. The molecule has 0 saturated heterocycles. The molecule has 0 spiro atoms. The zero-order chi connectivity index (χ0) is 22.4. The van der Waals surface area contributed by atoms with Crippen LogP contribution in [0.15, 0.2) is 48.5 Å². The first kappa shape index (κ1) is 23.8. The van der Waals surface area contributed by atoms with Crippen LogP contribution in [0.3, 0.4) is 0 Å². The Bertz CT molecular complexity index is 788. The van der Waals surface area contributed by atoms with Gasteiger partial charge >= 0.3 is 12.4 Å². The SMILES string of the molecule is COc1ccc(COC(c2cccc(OCCCO)c2)(C(F)(F)F)C(F)(F)F)cc1. The Labute approximate surface area is 169 Å². The fourth-order valence-electron chi connectivity index (χ4n) is 2.71. The fourth-order valence-corrected chi connectivity index (χ4v) is 2.71. The normalized spacial score (nSPS) is 12.7. The lowest BCUT2D eigenvalue weighted by Gasteiger charge is -2.37. The average Bonchev–Trinajstić information content (AvgIpc) is 2.67. The van der Waals surface area contributed by atoms with Crippen molar-refractivity contribution < 1.29 is 45.7 Å². The Morgan fingerprint density at radius 3 is 2.03 bits per heavy atom. The van der Waals surface area contributed by atoms with Crippen LogP contribution in [0.4, 0.5) is 26.3 Å². The van der Waals surface area contributed by atoms with E-state index in [0.717, 1.165) is 6.07 Å². The van der Waals surface area contributed by atoms with Gasteiger partial charge in [0, 0.05) is 18.6 Å². The second kappa shape index (κ2) is 9.57. The van der Waals surface area contributed by atoms with Crippen LogP contribution < -0.4 is 9.47 Å². The quantitative estimate of drug-likeness (QED) is 0.443. The van der Waals surface area contributed by atoms with E-state index in [4.69, 9.17) is 14.6 Å². The van der Waals surface area contributed by atoms with E-state index in [9.17, 15) is 26.3 Å². The van der Waals surface area contributed by atoms with Gasteiger partial charge in [-0.3, -0.25) is 0 Å². The molecule has 0 aliphatic carbocycles. The summed E-state index contributed by atoms with van der Waals surface area (Å²) in [6.45, 7) is -1.25. The Balaban J connectivity index is 2.44. The lowest BCUT2D eigenvalue weighted by Crippen LogP contribution is -2.55. The van der Waals surface area contributed by atoms with E-state index in [1.54, 1.807) is 0 Å². The van der Waals surface area contributed by atoms with Gasteiger partial charge in [-0.1, -0.05) is 24.3 Å². The molecule has 0 aromatic heterocycles. The maximum Gasteiger partial charge on any atom is 0.430 e. The van der Waals surface area contributed by atoms with Gasteiger partial charge in [-0.2, -0.15) is 26.3 Å². The Kier molecular flexibility index (Phi) is 7.59. The number of alkyl halides is 6. The van der Waals surface area contributed by atoms with Crippen molar-refractivity contribution in [2.24, 2.45) is 0 Å². The van der Waals surface area contributed by atoms with E-state index in [2.05, 4.69) is 4.74 Å². The van der Waals surface area contributed by atoms with Crippen molar-refractivity contribution in [3.63, 3.8) is 0 Å². The summed E-state index contributed by atoms with van der Waals surface area (Å²) in [7, 11) is 1.37. The van der Waals surface area contributed by atoms with Crippen LogP contribution in [0.5, 0.6) is 11.5 Å². The van der Waals surface area contributed by atoms with E-state index in [1.165, 1.54) is 37.4 Å². The number of benzene rings is 2. The molecular weight excluding hydrogens is 418 g/mol. The second-order valence-corrected chi connectivity index (χ2v) is 6.27. The summed E-state index contributed by atoms with van der Waals surface area (Å²) < 4.78 is 97.9. The zero-order valence-corrected chi connectivity index (χ0v) is 15.9. The minimum Gasteiger partial charge on any atom is -0.497 e. The molecule has 2 rings (SSSR count). The molecule has 2 aromatic rings. The third-order valence-corrected chi connectivity index (χ3v) is 4.22. The topological polar surface area (TPSA) is 47.9 Å². The third kappa shape index (κ3) is 5.17. The molecule has 0 bridgehead atoms. The molecule has 10 heteroatoms. The highest BCUT2D eigenvalue weighted by molar-refractivity contribution is 5.35. The van der Waals surface area contributed by atoms with E-state index < -0.39 is 30.1 Å². The summed E-state index contributed by atoms with van der Waals surface area (Å²) in [4.78, 5) is 0. The van der Waals surface area contributed by atoms with E-state index >= 15 is 0 Å². The largest absolute Gasteiger partial charge is 0.497 e. The van der Waals surface area contributed by atoms with Gasteiger partial charge in [-0.25, -0.2) is 0 Å². The highest BCUT2D eigenvalue weighted by Crippen LogP contribution is 2.53. The second-order valence-electron chi connectivity index (χ2n) is 6.27. The van der Waals surface area contributed by atoms with Crippen molar-refractivity contribution in [1.29, 1.82) is 0 Å². The number of methoxy groups -OCH3 is 1. The average molecular weight is 438 g/mol. The molecule has 0 aliphatic heterocycles. The predicted octanol–water partition coefficient (Wildman–Crippen LogP) is 4.99. The molecule has 2 aromatic carbocycles. The summed E-state index contributed by atoms with van der Waals surface area (Å²) in [6.07, 6.45) is -11.4. The van der Waals surface area contributed by atoms with Crippen molar-refractivity contribution in [3.8, 4) is 11.5 Å². The highest BCUT2D eigenvalue weighted by atomic mass is 19.4. The minimum absolute atomic E-state index is 0.0717. The van der Waals surface area contributed by atoms with E-state index in [-0.39, 0.29) is 30.9 Å². The lowest BCUT2D eigenvalue weighted by molar-refractivity contribution is -0.392. The molecule has 166 valence electrons. The first-order valence-corrected chi connectivity index (χ1v) is 8.79. The van der Waals surface area contributed by atoms with E-state index in [0.29, 0.717) is 17.9 Å². The summed E-state index contributed by atoms with van der Waals surface area (Å²) in [5.74, 6) is 0.191. The Morgan fingerprint density at radius 2 is 1.50 bits per heavy atom. The number of rotatable bonds is 9. The zero-order valence-electron chi connectivity index (χ0n) is 15.9. The highest BCUT2D eigenvalue weighted by Gasteiger charge is 2.73. The number of hydrogen-bond donors (Lipinski definition) is 1. The van der Waals surface area contributed by atoms with Crippen LogP contribution in [0, 0.1) is 0 Å². The first-order chi connectivity index (χ1) is 14.0. The van der Waals surface area contributed by atoms with Crippen molar-refractivity contribution in [3.05, 3.63) is 59.7 Å². The number of hydrogen-bond acceptors (Lipinski definition) is 4. The van der Waals surface area contributed by atoms with Gasteiger partial charge < -0.3 is 19.3 Å². The number of halogens is 6. The molecule has 4 nitrogen and oxygen atoms in total. The maximum absolute atomic E-state index is 13.9. The van der Waals surface area contributed by atoms with Crippen LogP contribution in [0.2, 0.25) is 0 Å². The van der Waals surface area contributed by atoms with Gasteiger partial charge in [0.05, 0.1) is 20.3 Å². The van der Waals surface area contributed by atoms with Crippen LogP contribution in [-0.4, -0.2) is 37.8 Å². The van der Waals surface area contributed by atoms with Crippen molar-refractivity contribution >= 4 is 0 Å². The number of aliphatic hydroxyl groups excluding tert-OH is 1. The summed E-state index contributed by atoms with van der Waals surface area (Å²) in [5, 5.41) is 8.75. The van der Waals surface area contributed by atoms with Crippen LogP contribution in [-0.2, 0) is 16.9 Å². The molecule has 0 amide bonds. The molecule has 0 unspecified atom stereocenters. The minimum atomic E-state index is -5.80. The van der Waals surface area contributed by atoms with Gasteiger partial charge in [0.25, 0.3) is 5.60 Å². The Morgan fingerprint density at radius 1 is 0.867 bits per heavy atom. The number of aliphatic hydroxyl groups is 1. The van der Waals surface area contributed by atoms with Gasteiger partial charge in [-0.15, -0.1) is 0 Å². The van der Waals surface area contributed by atoms with Gasteiger partial charge in [-0.05, 0) is 29.8 Å². The molecule has 0 radical (unpaired) electrons. The number of ether oxygens (including phenoxy) is 3. The Hall–Kier alpha value is -2.46. The molecule has 0 heterocycles. The lowest BCUT2D eigenvalue weighted by atomic mass is 9.91. The monoisotopic (exact) mass is 438 g/mol. The molecular formula is C20H20F6O4. The van der Waals surface area contributed by atoms with Gasteiger partial charge in [0.1, 0.15) is 11.5 Å². The summed E-state index contributed by atoms with van der Waals surface area (Å²) >= 11 is 0. The molecule has 0 saturated carbocycles. The van der Waals surface area contributed by atoms with Crippen LogP contribution in [0.1, 0.15) is 17.5 Å². The molecule has 1 N–H and O–H groups in total. The summed E-state index contributed by atoms with van der Waals surface area (Å²) in [5.41, 5.74) is -5.61. The third-order valence-electron chi connectivity index (χ3n) is 4.22. The van der Waals surface area contributed by atoms with Crippen LogP contribution in [0.25, 0.3) is 0 Å². The predicted molar refractivity (Wildman–Crippen MR) is 95.2 cm³/mol. The summed E-state index contributed by atoms with van der Waals surface area (Å²) in [6, 6.07) is 9.00. The van der Waals surface area contributed by atoms with Crippen LogP contribution >= 0.6 is 0 Å². The van der Waals surface area contributed by atoms with Crippen molar-refractivity contribution in [1.82, 2.24) is 0 Å². The van der Waals surface area contributed by atoms with E-state index in [1.807, 2.05) is 0 Å². The van der Waals surface area contributed by atoms with Crippen molar-refractivity contribution in [2.75, 3.05) is 20.3 Å². The standard InChI is InChI=1S/C20H20F6O4/c1-28-16-8-6-14(7-9-16)13-30-18(19(21,22)23,20(24,25)26)15-4-2-5-17(12-15)29-11-3-10-27/h2,4-9,12,27H,3,10-11,13H2,1H3. The molecule has 0 fully saturated rings. The maximum atomic E-state index is 13.9. The molecule has 30 heavy (non-hydrogen) atoms. The molecule has 0 atom stereocenters. The van der Waals surface area contributed by atoms with Gasteiger partial charge in [0.15, 0.2) is 0 Å². The fraction of sp³-hybridized carbons (Fsp3) is 0.400. The first-order valence-electron chi connectivity index (χ1n) is 8.79. The van der Waals surface area contributed by atoms with Gasteiger partial charge in [0.2, 0.25) is 0 Å². The van der Waals surface area contributed by atoms with Crippen molar-refractivity contribution in [2.45, 2.75) is 31.0 Å². The smallest absolute Gasteiger partial charge is 0.430 e.